The van der Waals surface area contributed by atoms with Crippen LogP contribution in [0.3, 0.4) is 0 Å². The highest BCUT2D eigenvalue weighted by molar-refractivity contribution is 7.90. The second-order valence-electron chi connectivity index (χ2n) is 3.80. The van der Waals surface area contributed by atoms with Crippen LogP contribution in [0.5, 0.6) is 0 Å². The fourth-order valence-corrected chi connectivity index (χ4v) is 1.91. The lowest BCUT2D eigenvalue weighted by Crippen LogP contribution is -2.26. The van der Waals surface area contributed by atoms with E-state index >= 15 is 0 Å². The molecule has 0 radical (unpaired) electrons. The first-order chi connectivity index (χ1) is 7.79. The van der Waals surface area contributed by atoms with Gasteiger partial charge >= 0.3 is 0 Å². The van der Waals surface area contributed by atoms with E-state index in [4.69, 9.17) is 18.0 Å². The molecule has 0 amide bonds. The number of nitrogens with zero attached hydrogens (tertiary/aromatic N) is 2. The van der Waals surface area contributed by atoms with E-state index in [9.17, 15) is 8.42 Å². The summed E-state index contributed by atoms with van der Waals surface area (Å²) in [5.41, 5.74) is 6.01. The van der Waals surface area contributed by atoms with Gasteiger partial charge in [0.2, 0.25) is 0 Å². The fraction of sp³-hybridized carbons (Fsp3) is 0.400. The van der Waals surface area contributed by atoms with E-state index in [0.29, 0.717) is 18.1 Å². The maximum atomic E-state index is 11.1. The van der Waals surface area contributed by atoms with Gasteiger partial charge in [0.25, 0.3) is 0 Å². The molecule has 1 heterocycles. The predicted molar refractivity (Wildman–Crippen MR) is 73.1 cm³/mol. The van der Waals surface area contributed by atoms with Gasteiger partial charge in [0.05, 0.1) is 11.4 Å². The van der Waals surface area contributed by atoms with Gasteiger partial charge in [-0.2, -0.15) is 0 Å². The van der Waals surface area contributed by atoms with E-state index in [1.807, 2.05) is 0 Å². The minimum Gasteiger partial charge on any atom is -0.388 e. The van der Waals surface area contributed by atoms with Gasteiger partial charge in [-0.15, -0.1) is 0 Å². The van der Waals surface area contributed by atoms with Crippen molar-refractivity contribution < 1.29 is 8.42 Å². The average Bonchev–Trinajstić information content (AvgIpc) is 2.25. The summed E-state index contributed by atoms with van der Waals surface area (Å²) in [7, 11) is -1.20. The van der Waals surface area contributed by atoms with Crippen LogP contribution in [-0.2, 0) is 9.84 Å². The van der Waals surface area contributed by atoms with Gasteiger partial charge in [-0.25, -0.2) is 13.4 Å². The van der Waals surface area contributed by atoms with Gasteiger partial charge in [0.15, 0.2) is 0 Å². The van der Waals surface area contributed by atoms with Crippen molar-refractivity contribution in [3.05, 3.63) is 23.9 Å². The van der Waals surface area contributed by atoms with Crippen molar-refractivity contribution in [1.82, 2.24) is 4.98 Å². The molecule has 0 aliphatic rings. The Labute approximate surface area is 107 Å². The van der Waals surface area contributed by atoms with Crippen molar-refractivity contribution in [3.8, 4) is 0 Å². The van der Waals surface area contributed by atoms with Crippen LogP contribution in [0.15, 0.2) is 18.2 Å². The van der Waals surface area contributed by atoms with E-state index in [1.54, 1.807) is 30.1 Å². The van der Waals surface area contributed by atoms with Crippen LogP contribution in [0.4, 0.5) is 5.82 Å². The summed E-state index contributed by atoms with van der Waals surface area (Å²) in [5, 5.41) is 0. The molecule has 0 saturated heterocycles. The van der Waals surface area contributed by atoms with Crippen molar-refractivity contribution >= 4 is 32.9 Å². The third-order valence-electron chi connectivity index (χ3n) is 2.18. The number of hydrogen-bond acceptors (Lipinski definition) is 5. The highest BCUT2D eigenvalue weighted by Gasteiger charge is 2.08. The van der Waals surface area contributed by atoms with Gasteiger partial charge in [-0.05, 0) is 12.1 Å². The molecule has 17 heavy (non-hydrogen) atoms. The zero-order valence-corrected chi connectivity index (χ0v) is 11.4. The quantitative estimate of drug-likeness (QED) is 0.772. The number of anilines is 1. The highest BCUT2D eigenvalue weighted by atomic mass is 32.2. The smallest absolute Gasteiger partial charge is 0.149 e. The monoisotopic (exact) mass is 273 g/mol. The first-order valence-electron chi connectivity index (χ1n) is 4.95. The number of aromatic nitrogens is 1. The molecule has 0 saturated carbocycles. The zero-order valence-electron chi connectivity index (χ0n) is 9.75. The van der Waals surface area contributed by atoms with Gasteiger partial charge in [0, 0.05) is 19.8 Å². The van der Waals surface area contributed by atoms with E-state index < -0.39 is 9.84 Å². The SMILES string of the molecule is CN(CCS(C)(=O)=O)c1cccc(C(N)=S)n1. The van der Waals surface area contributed by atoms with Crippen molar-refractivity contribution in [2.75, 3.05) is 30.5 Å². The molecular weight excluding hydrogens is 258 g/mol. The maximum absolute atomic E-state index is 11.1. The third-order valence-corrected chi connectivity index (χ3v) is 3.31. The topological polar surface area (TPSA) is 76.3 Å². The van der Waals surface area contributed by atoms with Gasteiger partial charge in [0.1, 0.15) is 20.6 Å². The minimum absolute atomic E-state index is 0.0858. The molecule has 0 spiro atoms. The first-order valence-corrected chi connectivity index (χ1v) is 7.42. The van der Waals surface area contributed by atoms with Crippen LogP contribution in [0.2, 0.25) is 0 Å². The summed E-state index contributed by atoms with van der Waals surface area (Å²) >= 11 is 4.83. The minimum atomic E-state index is -2.97. The number of thiocarbonyl (C=S) groups is 1. The van der Waals surface area contributed by atoms with Crippen molar-refractivity contribution in [2.24, 2.45) is 5.73 Å². The lowest BCUT2D eigenvalue weighted by atomic mass is 10.3. The Morgan fingerprint density at radius 1 is 1.53 bits per heavy atom. The molecule has 5 nitrogen and oxygen atoms in total. The molecule has 7 heteroatoms. The number of sulfone groups is 1. The Kier molecular flexibility index (Phi) is 4.41. The summed E-state index contributed by atoms with van der Waals surface area (Å²) < 4.78 is 22.1. The first kappa shape index (κ1) is 13.9. The van der Waals surface area contributed by atoms with Crippen molar-refractivity contribution in [1.29, 1.82) is 0 Å². The zero-order chi connectivity index (χ0) is 13.1. The molecule has 0 fully saturated rings. The average molecular weight is 273 g/mol. The fourth-order valence-electron chi connectivity index (χ4n) is 1.19. The molecule has 1 rings (SSSR count). The molecule has 2 N–H and O–H groups in total. The van der Waals surface area contributed by atoms with E-state index in [1.165, 1.54) is 6.26 Å². The van der Waals surface area contributed by atoms with Crippen LogP contribution in [0.1, 0.15) is 5.69 Å². The number of hydrogen-bond donors (Lipinski definition) is 1. The maximum Gasteiger partial charge on any atom is 0.149 e. The molecule has 0 bridgehead atoms. The van der Waals surface area contributed by atoms with Gasteiger partial charge < -0.3 is 10.6 Å². The molecule has 0 aliphatic heterocycles. The number of rotatable bonds is 5. The second-order valence-corrected chi connectivity index (χ2v) is 6.50. The third kappa shape index (κ3) is 4.66. The number of pyridine rings is 1. The summed E-state index contributed by atoms with van der Waals surface area (Å²) in [6.45, 7) is 0.382. The van der Waals surface area contributed by atoms with Crippen molar-refractivity contribution in [2.45, 2.75) is 0 Å². The Morgan fingerprint density at radius 3 is 2.71 bits per heavy atom. The summed E-state index contributed by atoms with van der Waals surface area (Å²) in [6, 6.07) is 5.29. The molecule has 0 atom stereocenters. The van der Waals surface area contributed by atoms with Crippen LogP contribution in [-0.4, -0.2) is 44.0 Å². The van der Waals surface area contributed by atoms with Crippen LogP contribution in [0, 0.1) is 0 Å². The molecule has 1 aromatic heterocycles. The number of nitrogens with two attached hydrogens (primary N) is 1. The summed E-state index contributed by atoms with van der Waals surface area (Å²) in [6.07, 6.45) is 1.21. The summed E-state index contributed by atoms with van der Waals surface area (Å²) in [5.74, 6) is 0.738. The molecule has 0 aliphatic carbocycles. The normalized spacial score (nSPS) is 11.2. The Balaban J connectivity index is 2.79. The van der Waals surface area contributed by atoms with Gasteiger partial charge in [-0.3, -0.25) is 0 Å². The van der Waals surface area contributed by atoms with Crippen LogP contribution in [0.25, 0.3) is 0 Å². The van der Waals surface area contributed by atoms with E-state index in [0.717, 1.165) is 0 Å². The largest absolute Gasteiger partial charge is 0.388 e. The van der Waals surface area contributed by atoms with E-state index in [2.05, 4.69) is 4.98 Å². The molecule has 94 valence electrons. The lowest BCUT2D eigenvalue weighted by Gasteiger charge is -2.17. The standard InChI is InChI=1S/C10H15N3O2S2/c1-13(6-7-17(2,14)15)9-5-3-4-8(12-9)10(11)16/h3-5H,6-7H2,1-2H3,(H2,11,16). The van der Waals surface area contributed by atoms with Crippen LogP contribution < -0.4 is 10.6 Å². The Morgan fingerprint density at radius 2 is 2.18 bits per heavy atom. The van der Waals surface area contributed by atoms with E-state index in [-0.39, 0.29) is 10.7 Å². The van der Waals surface area contributed by atoms with Crippen molar-refractivity contribution in [3.63, 3.8) is 0 Å². The molecule has 0 aromatic carbocycles. The highest BCUT2D eigenvalue weighted by Crippen LogP contribution is 2.09. The molecular formula is C10H15N3O2S2. The predicted octanol–water partition coefficient (Wildman–Crippen LogP) is 0.197. The Hall–Kier alpha value is -1.21. The second kappa shape index (κ2) is 5.42. The Bertz CT molecular complexity index is 514. The van der Waals surface area contributed by atoms with Crippen LogP contribution >= 0.6 is 12.2 Å². The lowest BCUT2D eigenvalue weighted by molar-refractivity contribution is 0.601. The molecule has 0 unspecified atom stereocenters. The molecule has 1 aromatic rings. The van der Waals surface area contributed by atoms with Gasteiger partial charge in [-0.1, -0.05) is 18.3 Å². The summed E-state index contributed by atoms with van der Waals surface area (Å²) in [4.78, 5) is 6.22.